The van der Waals surface area contributed by atoms with Crippen LogP contribution >= 0.6 is 23.6 Å². The van der Waals surface area contributed by atoms with Crippen molar-refractivity contribution < 1.29 is 0 Å². The van der Waals surface area contributed by atoms with Crippen LogP contribution in [0.15, 0.2) is 24.1 Å². The largest absolute Gasteiger partial charge is 0.387 e. The number of thiazole rings is 1. The zero-order valence-corrected chi connectivity index (χ0v) is 10.3. The van der Waals surface area contributed by atoms with Gasteiger partial charge in [0.05, 0.1) is 12.2 Å². The van der Waals surface area contributed by atoms with Gasteiger partial charge in [-0.2, -0.15) is 0 Å². The van der Waals surface area contributed by atoms with Crippen molar-refractivity contribution in [3.63, 3.8) is 0 Å². The van der Waals surface area contributed by atoms with E-state index < -0.39 is 0 Å². The Morgan fingerprint density at radius 3 is 3.12 bits per heavy atom. The molecule has 8 heteroatoms. The molecule has 17 heavy (non-hydrogen) atoms. The Bertz CT molecular complexity index is 650. The predicted octanol–water partition coefficient (Wildman–Crippen LogP) is 0.670. The first-order chi connectivity index (χ1) is 8.22. The van der Waals surface area contributed by atoms with Crippen molar-refractivity contribution in [2.45, 2.75) is 6.54 Å². The van der Waals surface area contributed by atoms with Gasteiger partial charge in [-0.05, 0) is 0 Å². The highest BCUT2D eigenvalue weighted by Gasteiger charge is 2.06. The summed E-state index contributed by atoms with van der Waals surface area (Å²) in [6.07, 6.45) is 5.54. The van der Waals surface area contributed by atoms with E-state index in [9.17, 15) is 0 Å². The minimum absolute atomic E-state index is 0.203. The highest BCUT2D eigenvalue weighted by atomic mass is 32.1. The molecule has 0 spiro atoms. The Morgan fingerprint density at radius 2 is 2.41 bits per heavy atom. The van der Waals surface area contributed by atoms with Crippen molar-refractivity contribution in [2.75, 3.05) is 0 Å². The molecule has 0 aliphatic carbocycles. The molecular weight excluding hydrogens is 256 g/mol. The highest BCUT2D eigenvalue weighted by molar-refractivity contribution is 7.80. The smallest absolute Gasteiger partial charge is 0.208 e. The van der Waals surface area contributed by atoms with Crippen LogP contribution in [0.25, 0.3) is 4.96 Å². The van der Waals surface area contributed by atoms with Gasteiger partial charge >= 0.3 is 0 Å². The number of fused-ring (bicyclic) bond motifs is 1. The first kappa shape index (κ1) is 10.4. The van der Waals surface area contributed by atoms with Crippen molar-refractivity contribution in [1.82, 2.24) is 24.1 Å². The SMILES string of the molecule is NC(=S)c1ncn(Cc2cn3ccsc3n2)n1. The molecule has 3 aromatic heterocycles. The van der Waals surface area contributed by atoms with Crippen molar-refractivity contribution in [3.8, 4) is 0 Å². The van der Waals surface area contributed by atoms with Crippen molar-refractivity contribution in [2.24, 2.45) is 5.73 Å². The summed E-state index contributed by atoms with van der Waals surface area (Å²) < 4.78 is 3.65. The fourth-order valence-corrected chi connectivity index (χ4v) is 2.31. The minimum atomic E-state index is 0.203. The molecule has 0 unspecified atom stereocenters. The Hall–Kier alpha value is -1.80. The average Bonchev–Trinajstić information content (AvgIpc) is 2.91. The molecule has 0 amide bonds. The van der Waals surface area contributed by atoms with Crippen LogP contribution in [0.4, 0.5) is 0 Å². The molecule has 3 rings (SSSR count). The fourth-order valence-electron chi connectivity index (χ4n) is 1.50. The van der Waals surface area contributed by atoms with Gasteiger partial charge in [0, 0.05) is 17.8 Å². The summed E-state index contributed by atoms with van der Waals surface area (Å²) in [7, 11) is 0. The summed E-state index contributed by atoms with van der Waals surface area (Å²) in [5.41, 5.74) is 6.37. The van der Waals surface area contributed by atoms with Gasteiger partial charge in [0.15, 0.2) is 4.96 Å². The average molecular weight is 264 g/mol. The molecule has 0 aliphatic heterocycles. The first-order valence-corrected chi connectivity index (χ1v) is 6.11. The molecule has 0 bridgehead atoms. The molecule has 86 valence electrons. The lowest BCUT2D eigenvalue weighted by molar-refractivity contribution is 0.672. The maximum absolute atomic E-state index is 5.44. The number of imidazole rings is 1. The zero-order chi connectivity index (χ0) is 11.8. The van der Waals surface area contributed by atoms with Crippen LogP contribution in [-0.2, 0) is 6.54 Å². The van der Waals surface area contributed by atoms with Gasteiger partial charge in [-0.25, -0.2) is 14.6 Å². The zero-order valence-electron chi connectivity index (χ0n) is 8.65. The second-order valence-electron chi connectivity index (χ2n) is 3.46. The quantitative estimate of drug-likeness (QED) is 0.704. The van der Waals surface area contributed by atoms with Gasteiger partial charge in [-0.15, -0.1) is 16.4 Å². The van der Waals surface area contributed by atoms with Gasteiger partial charge in [0.2, 0.25) is 5.82 Å². The normalized spacial score (nSPS) is 11.1. The van der Waals surface area contributed by atoms with Gasteiger partial charge in [0.25, 0.3) is 0 Å². The predicted molar refractivity (Wildman–Crippen MR) is 68.1 cm³/mol. The molecule has 2 N–H and O–H groups in total. The Morgan fingerprint density at radius 1 is 1.53 bits per heavy atom. The molecule has 0 fully saturated rings. The Labute approximate surface area is 106 Å². The molecule has 3 heterocycles. The third kappa shape index (κ3) is 1.92. The van der Waals surface area contributed by atoms with E-state index in [0.717, 1.165) is 10.7 Å². The second kappa shape index (κ2) is 3.90. The summed E-state index contributed by atoms with van der Waals surface area (Å²) in [6.45, 7) is 0.560. The number of hydrogen-bond acceptors (Lipinski definition) is 5. The number of thiocarbonyl (C=S) groups is 1. The standard InChI is InChI=1S/C9H8N6S2/c10-7(16)8-11-5-15(13-8)4-6-3-14-1-2-17-9(14)12-6/h1-3,5H,4H2,(H2,10,16). The first-order valence-electron chi connectivity index (χ1n) is 4.83. The van der Waals surface area contributed by atoms with Crippen molar-refractivity contribution in [1.29, 1.82) is 0 Å². The number of nitrogens with two attached hydrogens (primary N) is 1. The van der Waals surface area contributed by atoms with E-state index in [1.54, 1.807) is 22.3 Å². The van der Waals surface area contributed by atoms with E-state index >= 15 is 0 Å². The van der Waals surface area contributed by atoms with Crippen LogP contribution in [-0.4, -0.2) is 29.1 Å². The number of hydrogen-bond donors (Lipinski definition) is 1. The monoisotopic (exact) mass is 264 g/mol. The van der Waals surface area contributed by atoms with E-state index in [1.165, 1.54) is 0 Å². The van der Waals surface area contributed by atoms with Crippen LogP contribution < -0.4 is 5.73 Å². The van der Waals surface area contributed by atoms with Gasteiger partial charge in [0.1, 0.15) is 11.3 Å². The lowest BCUT2D eigenvalue weighted by atomic mass is 10.5. The van der Waals surface area contributed by atoms with Crippen LogP contribution in [0.1, 0.15) is 11.5 Å². The molecule has 0 atom stereocenters. The van der Waals surface area contributed by atoms with Gasteiger partial charge < -0.3 is 5.73 Å². The van der Waals surface area contributed by atoms with Crippen molar-refractivity contribution >= 4 is 33.5 Å². The summed E-state index contributed by atoms with van der Waals surface area (Å²) in [6, 6.07) is 0. The lowest BCUT2D eigenvalue weighted by Gasteiger charge is -1.94. The van der Waals surface area contributed by atoms with E-state index in [0.29, 0.717) is 12.4 Å². The molecule has 0 radical (unpaired) electrons. The lowest BCUT2D eigenvalue weighted by Crippen LogP contribution is -2.12. The maximum Gasteiger partial charge on any atom is 0.208 e. The van der Waals surface area contributed by atoms with Crippen molar-refractivity contribution in [3.05, 3.63) is 35.6 Å². The molecule has 0 aliphatic rings. The summed E-state index contributed by atoms with van der Waals surface area (Å²) in [5.74, 6) is 0.390. The second-order valence-corrected chi connectivity index (χ2v) is 4.77. The summed E-state index contributed by atoms with van der Waals surface area (Å²) in [5, 5.41) is 6.15. The third-order valence-corrected chi connectivity index (χ3v) is 3.18. The number of rotatable bonds is 3. The molecule has 0 saturated carbocycles. The maximum atomic E-state index is 5.44. The van der Waals surface area contributed by atoms with Crippen LogP contribution in [0.2, 0.25) is 0 Å². The number of nitrogens with zero attached hydrogens (tertiary/aromatic N) is 5. The van der Waals surface area contributed by atoms with E-state index in [1.807, 2.05) is 22.2 Å². The van der Waals surface area contributed by atoms with Crippen LogP contribution in [0, 0.1) is 0 Å². The van der Waals surface area contributed by atoms with E-state index in [2.05, 4.69) is 15.1 Å². The Kier molecular flexibility index (Phi) is 2.37. The van der Waals surface area contributed by atoms with E-state index in [4.69, 9.17) is 18.0 Å². The molecule has 0 saturated heterocycles. The van der Waals surface area contributed by atoms with Crippen LogP contribution in [0.3, 0.4) is 0 Å². The summed E-state index contributed by atoms with van der Waals surface area (Å²) in [4.78, 5) is 9.63. The molecule has 6 nitrogen and oxygen atoms in total. The summed E-state index contributed by atoms with van der Waals surface area (Å²) >= 11 is 6.39. The highest BCUT2D eigenvalue weighted by Crippen LogP contribution is 2.11. The minimum Gasteiger partial charge on any atom is -0.387 e. The van der Waals surface area contributed by atoms with Crippen LogP contribution in [0.5, 0.6) is 0 Å². The molecule has 3 aromatic rings. The van der Waals surface area contributed by atoms with Gasteiger partial charge in [-0.1, -0.05) is 12.2 Å². The topological polar surface area (TPSA) is 74.0 Å². The molecular formula is C9H8N6S2. The molecule has 0 aromatic carbocycles. The van der Waals surface area contributed by atoms with E-state index in [-0.39, 0.29) is 4.99 Å². The third-order valence-electron chi connectivity index (χ3n) is 2.22. The number of aromatic nitrogens is 5. The Balaban J connectivity index is 1.86. The fraction of sp³-hybridized carbons (Fsp3) is 0.111. The van der Waals surface area contributed by atoms with Gasteiger partial charge in [-0.3, -0.25) is 4.40 Å².